The third-order valence-electron chi connectivity index (χ3n) is 2.33. The molecule has 82 valence electrons. The van der Waals surface area contributed by atoms with Gasteiger partial charge in [0.1, 0.15) is 5.82 Å². The van der Waals surface area contributed by atoms with Crippen molar-refractivity contribution in [1.29, 1.82) is 0 Å². The highest BCUT2D eigenvalue weighted by atomic mass is 79.9. The molecule has 2 heterocycles. The summed E-state index contributed by atoms with van der Waals surface area (Å²) in [5, 5.41) is 1.38. The van der Waals surface area contributed by atoms with E-state index >= 15 is 0 Å². The fourth-order valence-electron chi connectivity index (χ4n) is 1.65. The molecular formula is C10H12BrClN2S. The molecule has 0 amide bonds. The molecule has 2 nitrogen and oxygen atoms in total. The fourth-order valence-corrected chi connectivity index (χ4v) is 3.41. The van der Waals surface area contributed by atoms with E-state index in [2.05, 4.69) is 32.7 Å². The molecule has 2 rings (SSSR count). The van der Waals surface area contributed by atoms with E-state index in [4.69, 9.17) is 11.6 Å². The predicted molar refractivity (Wildman–Crippen MR) is 71.1 cm³/mol. The Morgan fingerprint density at radius 3 is 3.13 bits per heavy atom. The van der Waals surface area contributed by atoms with Crippen molar-refractivity contribution < 1.29 is 0 Å². The lowest BCUT2D eigenvalue weighted by Crippen LogP contribution is -2.37. The van der Waals surface area contributed by atoms with Gasteiger partial charge in [-0.05, 0) is 22.0 Å². The zero-order valence-electron chi connectivity index (χ0n) is 8.41. The van der Waals surface area contributed by atoms with Crippen LogP contribution in [0.2, 0.25) is 5.02 Å². The van der Waals surface area contributed by atoms with Crippen LogP contribution in [-0.4, -0.2) is 29.1 Å². The first-order chi connectivity index (χ1) is 7.16. The Hall–Kier alpha value is 0.0700. The van der Waals surface area contributed by atoms with Crippen molar-refractivity contribution in [2.45, 2.75) is 12.2 Å². The summed E-state index contributed by atoms with van der Waals surface area (Å²) in [6, 6.07) is 1.90. The number of halogens is 2. The maximum atomic E-state index is 6.17. The molecule has 1 atom stereocenters. The molecule has 15 heavy (non-hydrogen) atoms. The summed E-state index contributed by atoms with van der Waals surface area (Å²) in [7, 11) is 0. The van der Waals surface area contributed by atoms with E-state index in [1.807, 2.05) is 17.8 Å². The van der Waals surface area contributed by atoms with Gasteiger partial charge in [0, 0.05) is 34.8 Å². The van der Waals surface area contributed by atoms with E-state index in [-0.39, 0.29) is 0 Å². The molecule has 1 aliphatic heterocycles. The molecular weight excluding hydrogens is 296 g/mol. The van der Waals surface area contributed by atoms with Crippen molar-refractivity contribution in [3.8, 4) is 0 Å². The van der Waals surface area contributed by atoms with E-state index in [1.54, 1.807) is 6.20 Å². The third-order valence-corrected chi connectivity index (χ3v) is 4.18. The van der Waals surface area contributed by atoms with Gasteiger partial charge in [0.15, 0.2) is 0 Å². The monoisotopic (exact) mass is 306 g/mol. The van der Waals surface area contributed by atoms with Gasteiger partial charge >= 0.3 is 0 Å². The van der Waals surface area contributed by atoms with E-state index in [1.165, 1.54) is 0 Å². The Morgan fingerprint density at radius 2 is 2.47 bits per heavy atom. The standard InChI is InChI=1S/C10H12BrClN2S/c1-7-6-14(2-3-15-7)10-9(12)4-8(11)5-13-10/h4-5,7H,2-3,6H2,1H3. The minimum Gasteiger partial charge on any atom is -0.353 e. The number of pyridine rings is 1. The Balaban J connectivity index is 2.21. The molecule has 0 aliphatic carbocycles. The summed E-state index contributed by atoms with van der Waals surface area (Å²) in [6.45, 7) is 4.30. The molecule has 1 unspecified atom stereocenters. The summed E-state index contributed by atoms with van der Waals surface area (Å²) in [5.74, 6) is 2.06. The van der Waals surface area contributed by atoms with Crippen molar-refractivity contribution >= 4 is 45.1 Å². The zero-order chi connectivity index (χ0) is 10.8. The molecule has 0 bridgehead atoms. The first-order valence-electron chi connectivity index (χ1n) is 4.84. The number of nitrogens with zero attached hydrogens (tertiary/aromatic N) is 2. The summed E-state index contributed by atoms with van der Waals surface area (Å²) < 4.78 is 0.927. The van der Waals surface area contributed by atoms with Crippen LogP contribution in [0.15, 0.2) is 16.7 Å². The average Bonchev–Trinajstić information content (AvgIpc) is 2.17. The van der Waals surface area contributed by atoms with Gasteiger partial charge in [-0.1, -0.05) is 18.5 Å². The Bertz CT molecular complexity index is 361. The van der Waals surface area contributed by atoms with Gasteiger partial charge in [0.05, 0.1) is 5.02 Å². The Kier molecular flexibility index (Phi) is 3.80. The molecule has 0 radical (unpaired) electrons. The quantitative estimate of drug-likeness (QED) is 0.790. The number of thioether (sulfide) groups is 1. The molecule has 0 saturated carbocycles. The Labute approximate surface area is 108 Å². The number of aromatic nitrogens is 1. The van der Waals surface area contributed by atoms with Crippen molar-refractivity contribution in [3.63, 3.8) is 0 Å². The van der Waals surface area contributed by atoms with Crippen molar-refractivity contribution in [3.05, 3.63) is 21.8 Å². The highest BCUT2D eigenvalue weighted by Gasteiger charge is 2.19. The van der Waals surface area contributed by atoms with E-state index in [0.29, 0.717) is 5.25 Å². The van der Waals surface area contributed by atoms with Crippen molar-refractivity contribution in [2.75, 3.05) is 23.7 Å². The van der Waals surface area contributed by atoms with Gasteiger partial charge in [-0.25, -0.2) is 4.98 Å². The maximum absolute atomic E-state index is 6.17. The number of rotatable bonds is 1. The molecule has 1 aromatic heterocycles. The SMILES string of the molecule is CC1CN(c2ncc(Br)cc2Cl)CCS1. The number of hydrogen-bond acceptors (Lipinski definition) is 3. The zero-order valence-corrected chi connectivity index (χ0v) is 11.6. The van der Waals surface area contributed by atoms with Crippen LogP contribution in [0.25, 0.3) is 0 Å². The second-order valence-electron chi connectivity index (χ2n) is 3.59. The number of hydrogen-bond donors (Lipinski definition) is 0. The van der Waals surface area contributed by atoms with Gasteiger partial charge in [-0.2, -0.15) is 11.8 Å². The molecule has 1 aromatic rings. The minimum atomic E-state index is 0.653. The molecule has 0 spiro atoms. The van der Waals surface area contributed by atoms with Crippen LogP contribution >= 0.6 is 39.3 Å². The van der Waals surface area contributed by atoms with Gasteiger partial charge in [-0.3, -0.25) is 0 Å². The first-order valence-corrected chi connectivity index (χ1v) is 7.06. The minimum absolute atomic E-state index is 0.653. The predicted octanol–water partition coefficient (Wildman–Crippen LogP) is 3.44. The van der Waals surface area contributed by atoms with Crippen molar-refractivity contribution in [2.24, 2.45) is 0 Å². The van der Waals surface area contributed by atoms with Crippen LogP contribution < -0.4 is 4.90 Å². The first kappa shape index (κ1) is 11.6. The molecule has 0 aromatic carbocycles. The summed E-state index contributed by atoms with van der Waals surface area (Å²) in [5.41, 5.74) is 0. The second kappa shape index (κ2) is 4.93. The summed E-state index contributed by atoms with van der Waals surface area (Å²) in [6.07, 6.45) is 1.80. The van der Waals surface area contributed by atoms with E-state index < -0.39 is 0 Å². The highest BCUT2D eigenvalue weighted by molar-refractivity contribution is 9.10. The van der Waals surface area contributed by atoms with Crippen LogP contribution in [0.1, 0.15) is 6.92 Å². The Morgan fingerprint density at radius 1 is 1.67 bits per heavy atom. The third kappa shape index (κ3) is 2.80. The van der Waals surface area contributed by atoms with Gasteiger partial charge in [0.2, 0.25) is 0 Å². The highest BCUT2D eigenvalue weighted by Crippen LogP contribution is 2.29. The summed E-state index contributed by atoms with van der Waals surface area (Å²) >= 11 is 11.5. The van der Waals surface area contributed by atoms with Crippen molar-refractivity contribution in [1.82, 2.24) is 4.98 Å². The summed E-state index contributed by atoms with van der Waals surface area (Å²) in [4.78, 5) is 6.63. The molecule has 1 saturated heterocycles. The van der Waals surface area contributed by atoms with Crippen LogP contribution in [0, 0.1) is 0 Å². The van der Waals surface area contributed by atoms with E-state index in [9.17, 15) is 0 Å². The number of anilines is 1. The molecule has 5 heteroatoms. The maximum Gasteiger partial charge on any atom is 0.147 e. The van der Waals surface area contributed by atoms with Gasteiger partial charge in [-0.15, -0.1) is 0 Å². The second-order valence-corrected chi connectivity index (χ2v) is 6.46. The van der Waals surface area contributed by atoms with Crippen LogP contribution in [0.4, 0.5) is 5.82 Å². The lowest BCUT2D eigenvalue weighted by atomic mass is 10.3. The van der Waals surface area contributed by atoms with E-state index in [0.717, 1.165) is 34.2 Å². The molecule has 1 aliphatic rings. The van der Waals surface area contributed by atoms with Gasteiger partial charge in [0.25, 0.3) is 0 Å². The fraction of sp³-hybridized carbons (Fsp3) is 0.500. The smallest absolute Gasteiger partial charge is 0.147 e. The lowest BCUT2D eigenvalue weighted by Gasteiger charge is -2.31. The van der Waals surface area contributed by atoms with Crippen LogP contribution in [-0.2, 0) is 0 Å². The average molecular weight is 308 g/mol. The largest absolute Gasteiger partial charge is 0.353 e. The van der Waals surface area contributed by atoms with Gasteiger partial charge < -0.3 is 4.90 Å². The molecule has 0 N–H and O–H groups in total. The topological polar surface area (TPSA) is 16.1 Å². The molecule has 1 fully saturated rings. The lowest BCUT2D eigenvalue weighted by molar-refractivity contribution is 0.770. The van der Waals surface area contributed by atoms with Crippen LogP contribution in [0.3, 0.4) is 0 Å². The normalized spacial score (nSPS) is 21.8. The van der Waals surface area contributed by atoms with Crippen LogP contribution in [0.5, 0.6) is 0 Å².